The van der Waals surface area contributed by atoms with Crippen LogP contribution in [0.3, 0.4) is 0 Å². The summed E-state index contributed by atoms with van der Waals surface area (Å²) < 4.78 is 10.2. The molecule has 25 heavy (non-hydrogen) atoms. The van der Waals surface area contributed by atoms with Gasteiger partial charge in [-0.1, -0.05) is 23.2 Å². The van der Waals surface area contributed by atoms with Crippen LogP contribution in [0.4, 0.5) is 0 Å². The Morgan fingerprint density at radius 3 is 2.72 bits per heavy atom. The van der Waals surface area contributed by atoms with Crippen LogP contribution < -0.4 is 10.6 Å². The first-order valence-electron chi connectivity index (χ1n) is 7.73. The van der Waals surface area contributed by atoms with Crippen LogP contribution in [0.15, 0.2) is 18.2 Å². The molecular formula is C16H18Cl2N2O5. The van der Waals surface area contributed by atoms with Crippen LogP contribution in [0.1, 0.15) is 23.2 Å². The Morgan fingerprint density at radius 2 is 2.04 bits per heavy atom. The summed E-state index contributed by atoms with van der Waals surface area (Å²) >= 11 is 11.7. The van der Waals surface area contributed by atoms with Crippen molar-refractivity contribution < 1.29 is 23.9 Å². The zero-order chi connectivity index (χ0) is 18.2. The average Bonchev–Trinajstić information content (AvgIpc) is 3.09. The zero-order valence-electron chi connectivity index (χ0n) is 13.3. The number of nitrogens with one attached hydrogen (secondary N) is 2. The van der Waals surface area contributed by atoms with E-state index >= 15 is 0 Å². The van der Waals surface area contributed by atoms with Gasteiger partial charge < -0.3 is 20.1 Å². The van der Waals surface area contributed by atoms with Gasteiger partial charge in [0.2, 0.25) is 0 Å². The van der Waals surface area contributed by atoms with Gasteiger partial charge in [0.1, 0.15) is 6.54 Å². The smallest absolute Gasteiger partial charge is 0.325 e. The minimum atomic E-state index is -0.731. The first kappa shape index (κ1) is 19.5. The van der Waals surface area contributed by atoms with Crippen LogP contribution in [0.25, 0.3) is 0 Å². The maximum absolute atomic E-state index is 11.9. The molecule has 0 bridgehead atoms. The first-order valence-corrected chi connectivity index (χ1v) is 8.48. The molecule has 1 saturated heterocycles. The van der Waals surface area contributed by atoms with Crippen molar-refractivity contribution in [2.24, 2.45) is 0 Å². The molecule has 1 atom stereocenters. The van der Waals surface area contributed by atoms with E-state index in [1.165, 1.54) is 18.2 Å². The number of esters is 1. The number of amides is 2. The van der Waals surface area contributed by atoms with Crippen LogP contribution in [0.2, 0.25) is 10.0 Å². The van der Waals surface area contributed by atoms with Gasteiger partial charge in [-0.05, 0) is 31.0 Å². The van der Waals surface area contributed by atoms with E-state index in [4.69, 9.17) is 32.7 Å². The normalized spacial score (nSPS) is 16.3. The predicted molar refractivity (Wildman–Crippen MR) is 91.7 cm³/mol. The largest absolute Gasteiger partial charge is 0.454 e. The summed E-state index contributed by atoms with van der Waals surface area (Å²) in [5.41, 5.74) is 0.188. The highest BCUT2D eigenvalue weighted by atomic mass is 35.5. The Bertz CT molecular complexity index is 647. The summed E-state index contributed by atoms with van der Waals surface area (Å²) in [6.07, 6.45) is 1.90. The molecule has 1 aromatic rings. The standard InChI is InChI=1S/C16H18Cl2N2O5/c17-10-3-4-12(13(18)6-10)16(23)20-8-15(22)25-9-14(21)19-7-11-2-1-5-24-11/h3-4,6,11H,1-2,5,7-9H2,(H,19,21)(H,20,23). The summed E-state index contributed by atoms with van der Waals surface area (Å²) in [6, 6.07) is 4.39. The minimum absolute atomic E-state index is 0.0167. The Balaban J connectivity index is 1.65. The minimum Gasteiger partial charge on any atom is -0.454 e. The Kier molecular flexibility index (Phi) is 7.49. The van der Waals surface area contributed by atoms with Crippen LogP contribution >= 0.6 is 23.2 Å². The third kappa shape index (κ3) is 6.53. The summed E-state index contributed by atoms with van der Waals surface area (Å²) in [7, 11) is 0. The van der Waals surface area contributed by atoms with E-state index in [0.29, 0.717) is 18.2 Å². The molecule has 1 unspecified atom stereocenters. The number of ether oxygens (including phenoxy) is 2. The molecule has 1 aliphatic rings. The van der Waals surface area contributed by atoms with E-state index in [9.17, 15) is 14.4 Å². The molecule has 0 spiro atoms. The van der Waals surface area contributed by atoms with E-state index in [1.807, 2.05) is 0 Å². The van der Waals surface area contributed by atoms with Gasteiger partial charge in [0, 0.05) is 18.2 Å². The van der Waals surface area contributed by atoms with Gasteiger partial charge in [0.15, 0.2) is 6.61 Å². The molecule has 136 valence electrons. The van der Waals surface area contributed by atoms with Gasteiger partial charge in [0.25, 0.3) is 11.8 Å². The molecule has 9 heteroatoms. The molecule has 0 aromatic heterocycles. The van der Waals surface area contributed by atoms with Gasteiger partial charge in [-0.2, -0.15) is 0 Å². The average molecular weight is 389 g/mol. The zero-order valence-corrected chi connectivity index (χ0v) is 14.9. The third-order valence-electron chi connectivity index (χ3n) is 3.48. The molecule has 1 fully saturated rings. The van der Waals surface area contributed by atoms with Crippen molar-refractivity contribution in [3.63, 3.8) is 0 Å². The highest BCUT2D eigenvalue weighted by molar-refractivity contribution is 6.36. The highest BCUT2D eigenvalue weighted by Crippen LogP contribution is 2.20. The van der Waals surface area contributed by atoms with E-state index in [2.05, 4.69) is 10.6 Å². The second-order valence-electron chi connectivity index (χ2n) is 5.41. The van der Waals surface area contributed by atoms with Crippen molar-refractivity contribution in [3.8, 4) is 0 Å². The highest BCUT2D eigenvalue weighted by Gasteiger charge is 2.17. The lowest BCUT2D eigenvalue weighted by Crippen LogP contribution is -2.36. The number of rotatable bonds is 7. The molecule has 0 aliphatic carbocycles. The summed E-state index contributed by atoms with van der Waals surface area (Å²) in [5, 5.41) is 5.56. The molecule has 7 nitrogen and oxygen atoms in total. The molecular weight excluding hydrogens is 371 g/mol. The molecule has 1 aliphatic heterocycles. The van der Waals surface area contributed by atoms with Crippen molar-refractivity contribution in [1.82, 2.24) is 10.6 Å². The van der Waals surface area contributed by atoms with Crippen molar-refractivity contribution in [3.05, 3.63) is 33.8 Å². The SMILES string of the molecule is O=C(COC(=O)CNC(=O)c1ccc(Cl)cc1Cl)NCC1CCCO1. The Labute approximate surface area is 154 Å². The van der Waals surface area contributed by atoms with Gasteiger partial charge in [0.05, 0.1) is 16.7 Å². The third-order valence-corrected chi connectivity index (χ3v) is 4.03. The monoisotopic (exact) mass is 388 g/mol. The van der Waals surface area contributed by atoms with Crippen molar-refractivity contribution in [2.75, 3.05) is 26.3 Å². The number of hydrogen-bond donors (Lipinski definition) is 2. The van der Waals surface area contributed by atoms with Gasteiger partial charge in [-0.25, -0.2) is 0 Å². The quantitative estimate of drug-likeness (QED) is 0.691. The van der Waals surface area contributed by atoms with E-state index in [0.717, 1.165) is 12.8 Å². The number of halogens is 2. The number of hydrogen-bond acceptors (Lipinski definition) is 5. The van der Waals surface area contributed by atoms with Crippen molar-refractivity contribution in [1.29, 1.82) is 0 Å². The predicted octanol–water partition coefficient (Wildman–Crippen LogP) is 1.56. The fraction of sp³-hybridized carbons (Fsp3) is 0.438. The van der Waals surface area contributed by atoms with E-state index < -0.39 is 24.4 Å². The van der Waals surface area contributed by atoms with Gasteiger partial charge >= 0.3 is 5.97 Å². The fourth-order valence-electron chi connectivity index (χ4n) is 2.20. The second kappa shape index (κ2) is 9.60. The number of carbonyl (C=O) groups excluding carboxylic acids is 3. The first-order chi connectivity index (χ1) is 12.0. The number of benzene rings is 1. The molecule has 2 amide bonds. The lowest BCUT2D eigenvalue weighted by atomic mass is 10.2. The Morgan fingerprint density at radius 1 is 1.24 bits per heavy atom. The van der Waals surface area contributed by atoms with Crippen LogP contribution in [-0.4, -0.2) is 50.2 Å². The fourth-order valence-corrected chi connectivity index (χ4v) is 2.70. The lowest BCUT2D eigenvalue weighted by Gasteiger charge is -2.11. The maximum atomic E-state index is 11.9. The lowest BCUT2D eigenvalue weighted by molar-refractivity contribution is -0.147. The van der Waals surface area contributed by atoms with E-state index in [1.54, 1.807) is 0 Å². The molecule has 1 heterocycles. The van der Waals surface area contributed by atoms with Crippen LogP contribution in [-0.2, 0) is 19.1 Å². The molecule has 0 radical (unpaired) electrons. The van der Waals surface area contributed by atoms with Crippen molar-refractivity contribution >= 4 is 41.0 Å². The van der Waals surface area contributed by atoms with Crippen LogP contribution in [0.5, 0.6) is 0 Å². The summed E-state index contributed by atoms with van der Waals surface area (Å²) in [5.74, 6) is -1.69. The molecule has 0 saturated carbocycles. The van der Waals surface area contributed by atoms with Gasteiger partial charge in [-0.3, -0.25) is 14.4 Å². The maximum Gasteiger partial charge on any atom is 0.325 e. The van der Waals surface area contributed by atoms with Crippen molar-refractivity contribution in [2.45, 2.75) is 18.9 Å². The molecule has 2 N–H and O–H groups in total. The van der Waals surface area contributed by atoms with Gasteiger partial charge in [-0.15, -0.1) is 0 Å². The van der Waals surface area contributed by atoms with E-state index in [-0.39, 0.29) is 23.2 Å². The molecule has 2 rings (SSSR count). The molecule has 1 aromatic carbocycles. The van der Waals surface area contributed by atoms with Crippen LogP contribution in [0, 0.1) is 0 Å². The Hall–Kier alpha value is -1.83. The second-order valence-corrected chi connectivity index (χ2v) is 6.25. The number of carbonyl (C=O) groups is 3. The topological polar surface area (TPSA) is 93.7 Å². The summed E-state index contributed by atoms with van der Waals surface area (Å²) in [6.45, 7) is 0.301. The summed E-state index contributed by atoms with van der Waals surface area (Å²) in [4.78, 5) is 35.1.